The minimum absolute atomic E-state index is 0.0229. The van der Waals surface area contributed by atoms with Gasteiger partial charge in [-0.15, -0.1) is 10.2 Å². The molecule has 0 saturated heterocycles. The second-order valence-corrected chi connectivity index (χ2v) is 7.25. The second kappa shape index (κ2) is 8.33. The average Bonchev–Trinajstić information content (AvgIpc) is 2.98. The van der Waals surface area contributed by atoms with Gasteiger partial charge in [-0.1, -0.05) is 50.7 Å². The lowest BCUT2D eigenvalue weighted by Crippen LogP contribution is -2.16. The van der Waals surface area contributed by atoms with E-state index in [9.17, 15) is 4.79 Å². The number of hydrogen-bond donors (Lipinski definition) is 1. The van der Waals surface area contributed by atoms with E-state index < -0.39 is 0 Å². The molecule has 0 aliphatic rings. The van der Waals surface area contributed by atoms with E-state index in [4.69, 9.17) is 0 Å². The van der Waals surface area contributed by atoms with Gasteiger partial charge in [-0.2, -0.15) is 0 Å². The molecule has 1 aromatic heterocycles. The molecule has 130 valence electrons. The van der Waals surface area contributed by atoms with Gasteiger partial charge in [-0.25, -0.2) is 0 Å². The number of carbonyl (C=O) groups is 1. The molecule has 0 fully saturated rings. The van der Waals surface area contributed by atoms with E-state index in [-0.39, 0.29) is 11.9 Å². The number of amides is 1. The van der Waals surface area contributed by atoms with E-state index >= 15 is 0 Å². The van der Waals surface area contributed by atoms with Crippen molar-refractivity contribution in [2.45, 2.75) is 58.2 Å². The molecule has 1 amide bonds. The van der Waals surface area contributed by atoms with Gasteiger partial charge < -0.3 is 9.88 Å². The van der Waals surface area contributed by atoms with Crippen LogP contribution in [-0.4, -0.2) is 26.4 Å². The summed E-state index contributed by atoms with van der Waals surface area (Å²) in [5.74, 6) is 1.56. The Bertz CT molecular complexity index is 694. The number of carbonyl (C=O) groups excluding carboxylic acids is 1. The number of hydrogen-bond acceptors (Lipinski definition) is 4. The SMILES string of the molecule is CCc1ccccc1NC(=O)CSc1nnc(C(C)C)n1C(C)C. The number of nitrogens with one attached hydrogen (secondary N) is 1. The van der Waals surface area contributed by atoms with E-state index in [0.717, 1.165) is 28.7 Å². The summed E-state index contributed by atoms with van der Waals surface area (Å²) in [5, 5.41) is 12.3. The van der Waals surface area contributed by atoms with Crippen molar-refractivity contribution in [2.24, 2.45) is 0 Å². The number of para-hydroxylation sites is 1. The van der Waals surface area contributed by atoms with Crippen molar-refractivity contribution >= 4 is 23.4 Å². The first kappa shape index (κ1) is 18.5. The summed E-state index contributed by atoms with van der Waals surface area (Å²) in [7, 11) is 0. The molecule has 2 aromatic rings. The first-order valence-corrected chi connectivity index (χ1v) is 9.37. The van der Waals surface area contributed by atoms with Crippen LogP contribution in [0.25, 0.3) is 0 Å². The smallest absolute Gasteiger partial charge is 0.234 e. The summed E-state index contributed by atoms with van der Waals surface area (Å²) in [5.41, 5.74) is 2.03. The van der Waals surface area contributed by atoms with E-state index in [1.54, 1.807) is 0 Å². The Hall–Kier alpha value is -1.82. The molecule has 1 heterocycles. The minimum Gasteiger partial charge on any atom is -0.325 e. The zero-order chi connectivity index (χ0) is 17.7. The van der Waals surface area contributed by atoms with Gasteiger partial charge in [0.25, 0.3) is 0 Å². The first-order chi connectivity index (χ1) is 11.4. The molecule has 0 radical (unpaired) electrons. The van der Waals surface area contributed by atoms with Gasteiger partial charge in [-0.05, 0) is 31.9 Å². The lowest BCUT2D eigenvalue weighted by molar-refractivity contribution is -0.113. The zero-order valence-corrected chi connectivity index (χ0v) is 15.9. The summed E-state index contributed by atoms with van der Waals surface area (Å²) in [6.45, 7) is 10.5. The van der Waals surface area contributed by atoms with Crippen molar-refractivity contribution in [3.63, 3.8) is 0 Å². The summed E-state index contributed by atoms with van der Waals surface area (Å²) in [6.07, 6.45) is 0.892. The third-order valence-electron chi connectivity index (χ3n) is 3.73. The van der Waals surface area contributed by atoms with Gasteiger partial charge in [0, 0.05) is 17.6 Å². The molecular weight excluding hydrogens is 320 g/mol. The van der Waals surface area contributed by atoms with Crippen LogP contribution in [0, 0.1) is 0 Å². The number of nitrogens with zero attached hydrogens (tertiary/aromatic N) is 3. The number of rotatable bonds is 7. The van der Waals surface area contributed by atoms with E-state index in [1.165, 1.54) is 11.8 Å². The molecule has 0 aliphatic carbocycles. The predicted octanol–water partition coefficient (Wildman–Crippen LogP) is 4.28. The fraction of sp³-hybridized carbons (Fsp3) is 0.500. The summed E-state index contributed by atoms with van der Waals surface area (Å²) < 4.78 is 2.11. The van der Waals surface area contributed by atoms with Crippen molar-refractivity contribution in [3.05, 3.63) is 35.7 Å². The van der Waals surface area contributed by atoms with Crippen molar-refractivity contribution in [1.29, 1.82) is 0 Å². The van der Waals surface area contributed by atoms with E-state index in [1.807, 2.05) is 24.3 Å². The van der Waals surface area contributed by atoms with Crippen LogP contribution in [0.1, 0.15) is 58.0 Å². The monoisotopic (exact) mass is 346 g/mol. The Kier molecular flexibility index (Phi) is 6.43. The fourth-order valence-corrected chi connectivity index (χ4v) is 3.41. The topological polar surface area (TPSA) is 59.8 Å². The van der Waals surface area contributed by atoms with E-state index in [2.05, 4.69) is 54.7 Å². The largest absolute Gasteiger partial charge is 0.325 e. The predicted molar refractivity (Wildman–Crippen MR) is 99.7 cm³/mol. The Morgan fingerprint density at radius 2 is 1.92 bits per heavy atom. The molecule has 0 saturated carbocycles. The first-order valence-electron chi connectivity index (χ1n) is 8.39. The molecule has 0 unspecified atom stereocenters. The Morgan fingerprint density at radius 1 is 1.21 bits per heavy atom. The van der Waals surface area contributed by atoms with Crippen molar-refractivity contribution in [1.82, 2.24) is 14.8 Å². The highest BCUT2D eigenvalue weighted by Gasteiger charge is 2.18. The van der Waals surface area contributed by atoms with Crippen molar-refractivity contribution in [3.8, 4) is 0 Å². The third kappa shape index (κ3) is 4.38. The van der Waals surface area contributed by atoms with Crippen LogP contribution in [0.5, 0.6) is 0 Å². The third-order valence-corrected chi connectivity index (χ3v) is 4.67. The lowest BCUT2D eigenvalue weighted by Gasteiger charge is -2.15. The van der Waals surface area contributed by atoms with Crippen molar-refractivity contribution < 1.29 is 4.79 Å². The Labute approximate surface area is 148 Å². The van der Waals surface area contributed by atoms with E-state index in [0.29, 0.717) is 11.7 Å². The van der Waals surface area contributed by atoms with Crippen LogP contribution in [0.2, 0.25) is 0 Å². The maximum atomic E-state index is 12.3. The summed E-state index contributed by atoms with van der Waals surface area (Å²) in [6, 6.07) is 8.17. The maximum absolute atomic E-state index is 12.3. The molecule has 6 heteroatoms. The second-order valence-electron chi connectivity index (χ2n) is 6.31. The summed E-state index contributed by atoms with van der Waals surface area (Å²) >= 11 is 1.43. The van der Waals surface area contributed by atoms with Gasteiger partial charge in [0.05, 0.1) is 5.75 Å². The van der Waals surface area contributed by atoms with Crippen LogP contribution in [0.4, 0.5) is 5.69 Å². The van der Waals surface area contributed by atoms with Gasteiger partial charge >= 0.3 is 0 Å². The van der Waals surface area contributed by atoms with Crippen LogP contribution in [0.15, 0.2) is 29.4 Å². The molecule has 0 spiro atoms. The highest BCUT2D eigenvalue weighted by molar-refractivity contribution is 7.99. The number of anilines is 1. The van der Waals surface area contributed by atoms with Crippen LogP contribution < -0.4 is 5.32 Å². The average molecular weight is 347 g/mol. The maximum Gasteiger partial charge on any atom is 0.234 e. The molecule has 0 atom stereocenters. The number of aromatic nitrogens is 3. The van der Waals surface area contributed by atoms with Crippen molar-refractivity contribution in [2.75, 3.05) is 11.1 Å². The molecule has 24 heavy (non-hydrogen) atoms. The molecular formula is C18H26N4OS. The van der Waals surface area contributed by atoms with Gasteiger partial charge in [0.2, 0.25) is 5.91 Å². The van der Waals surface area contributed by atoms with Gasteiger partial charge in [-0.3, -0.25) is 4.79 Å². The highest BCUT2D eigenvalue weighted by atomic mass is 32.2. The standard InChI is InChI=1S/C18H26N4OS/c1-6-14-9-7-8-10-15(14)19-16(23)11-24-18-21-20-17(12(2)3)22(18)13(4)5/h7-10,12-13H,6,11H2,1-5H3,(H,19,23). The molecule has 2 rings (SSSR count). The normalized spacial score (nSPS) is 11.3. The van der Waals surface area contributed by atoms with Crippen LogP contribution in [0.3, 0.4) is 0 Å². The fourth-order valence-electron chi connectivity index (χ4n) is 2.53. The number of aryl methyl sites for hydroxylation is 1. The number of benzene rings is 1. The Balaban J connectivity index is 2.04. The molecule has 1 aromatic carbocycles. The molecule has 5 nitrogen and oxygen atoms in total. The minimum atomic E-state index is -0.0229. The van der Waals surface area contributed by atoms with Gasteiger partial charge in [0.15, 0.2) is 5.16 Å². The van der Waals surface area contributed by atoms with Crippen LogP contribution >= 0.6 is 11.8 Å². The molecule has 0 aliphatic heterocycles. The highest BCUT2D eigenvalue weighted by Crippen LogP contribution is 2.25. The lowest BCUT2D eigenvalue weighted by atomic mass is 10.1. The number of thioether (sulfide) groups is 1. The van der Waals surface area contributed by atoms with Crippen LogP contribution in [-0.2, 0) is 11.2 Å². The molecule has 0 bridgehead atoms. The molecule has 1 N–H and O–H groups in total. The Morgan fingerprint density at radius 3 is 2.54 bits per heavy atom. The quantitative estimate of drug-likeness (QED) is 0.760. The van der Waals surface area contributed by atoms with Gasteiger partial charge in [0.1, 0.15) is 5.82 Å². The zero-order valence-electron chi connectivity index (χ0n) is 15.0. The summed E-state index contributed by atoms with van der Waals surface area (Å²) in [4.78, 5) is 12.3.